The second kappa shape index (κ2) is 13.5. The summed E-state index contributed by atoms with van der Waals surface area (Å²) in [6.07, 6.45) is 2.52. The highest BCUT2D eigenvalue weighted by Crippen LogP contribution is 2.14. The first kappa shape index (κ1) is 24.3. The fraction of sp³-hybridized carbons (Fsp3) is 0.600. The molecule has 1 aliphatic rings. The second-order valence-corrected chi connectivity index (χ2v) is 6.53. The van der Waals surface area contributed by atoms with Crippen LogP contribution in [0.15, 0.2) is 29.3 Å². The summed E-state index contributed by atoms with van der Waals surface area (Å²) < 4.78 is 10.7. The summed E-state index contributed by atoms with van der Waals surface area (Å²) in [5, 5.41) is 6.79. The number of rotatable bonds is 7. The zero-order valence-electron chi connectivity index (χ0n) is 17.1. The number of likely N-dealkylation sites (tertiary alicyclic amines) is 1. The third-order valence-electron chi connectivity index (χ3n) is 4.42. The Morgan fingerprint density at radius 3 is 2.68 bits per heavy atom. The molecule has 1 fully saturated rings. The van der Waals surface area contributed by atoms with Gasteiger partial charge < -0.3 is 25.0 Å². The number of ether oxygens (including phenoxy) is 2. The summed E-state index contributed by atoms with van der Waals surface area (Å²) in [5.41, 5.74) is 1.14. The third kappa shape index (κ3) is 8.12. The van der Waals surface area contributed by atoms with Crippen LogP contribution in [-0.2, 0) is 11.3 Å². The second-order valence-electron chi connectivity index (χ2n) is 6.53. The van der Waals surface area contributed by atoms with E-state index in [9.17, 15) is 4.79 Å². The number of nitrogens with zero attached hydrogens (tertiary/aromatic N) is 2. The fourth-order valence-electron chi connectivity index (χ4n) is 2.96. The first-order valence-electron chi connectivity index (χ1n) is 9.76. The lowest BCUT2D eigenvalue weighted by molar-refractivity contribution is 0.0963. The maximum atomic E-state index is 11.8. The Balaban J connectivity index is 0.00000392. The number of nitrogens with one attached hydrogen (secondary N) is 2. The number of hydrogen-bond acceptors (Lipinski definition) is 4. The van der Waals surface area contributed by atoms with Crippen LogP contribution in [0.1, 0.15) is 38.7 Å². The number of hydrogen-bond donors (Lipinski definition) is 2. The highest BCUT2D eigenvalue weighted by molar-refractivity contribution is 14.0. The van der Waals surface area contributed by atoms with Crippen LogP contribution in [0.3, 0.4) is 0 Å². The van der Waals surface area contributed by atoms with Crippen molar-refractivity contribution < 1.29 is 14.3 Å². The van der Waals surface area contributed by atoms with Crippen LogP contribution in [0.25, 0.3) is 0 Å². The minimum atomic E-state index is -0.219. The van der Waals surface area contributed by atoms with Gasteiger partial charge in [-0.2, -0.15) is 0 Å². The molecule has 0 spiro atoms. The zero-order valence-corrected chi connectivity index (χ0v) is 19.4. The number of benzene rings is 1. The monoisotopic (exact) mass is 504 g/mol. The number of carbonyl (C=O) groups excluding carboxylic acids is 1. The summed E-state index contributed by atoms with van der Waals surface area (Å²) in [4.78, 5) is 17.8. The molecule has 0 saturated carbocycles. The third-order valence-corrected chi connectivity index (χ3v) is 4.42. The number of piperidine rings is 1. The summed E-state index contributed by atoms with van der Waals surface area (Å²) in [5.74, 6) is 1.66. The van der Waals surface area contributed by atoms with Gasteiger partial charge in [-0.15, -0.1) is 24.0 Å². The molecule has 1 aromatic carbocycles. The van der Waals surface area contributed by atoms with Crippen molar-refractivity contribution in [1.29, 1.82) is 0 Å². The van der Waals surface area contributed by atoms with Crippen molar-refractivity contribution in [2.45, 2.75) is 45.7 Å². The fourth-order valence-corrected chi connectivity index (χ4v) is 2.96. The summed E-state index contributed by atoms with van der Waals surface area (Å²) >= 11 is 0. The van der Waals surface area contributed by atoms with Crippen molar-refractivity contribution in [2.24, 2.45) is 4.99 Å². The Morgan fingerprint density at radius 2 is 2.04 bits per heavy atom. The Morgan fingerprint density at radius 1 is 1.29 bits per heavy atom. The van der Waals surface area contributed by atoms with Gasteiger partial charge in [0.1, 0.15) is 5.75 Å². The van der Waals surface area contributed by atoms with E-state index >= 15 is 0 Å². The lowest BCUT2D eigenvalue weighted by atomic mass is 10.1. The van der Waals surface area contributed by atoms with E-state index in [1.54, 1.807) is 11.9 Å². The van der Waals surface area contributed by atoms with E-state index in [0.29, 0.717) is 32.3 Å². The van der Waals surface area contributed by atoms with E-state index < -0.39 is 0 Å². The molecule has 0 atom stereocenters. The molecule has 1 aromatic rings. The number of carbonyl (C=O) groups is 1. The molecule has 1 amide bonds. The molecule has 0 radical (unpaired) electrons. The van der Waals surface area contributed by atoms with Crippen LogP contribution in [0, 0.1) is 0 Å². The number of halogens is 1. The van der Waals surface area contributed by atoms with Crippen LogP contribution in [0.2, 0.25) is 0 Å². The molecule has 0 aromatic heterocycles. The number of aliphatic imine (C=N–C) groups is 1. The quantitative estimate of drug-likeness (QED) is 0.339. The van der Waals surface area contributed by atoms with Crippen molar-refractivity contribution in [3.63, 3.8) is 0 Å². The van der Waals surface area contributed by atoms with Crippen LogP contribution < -0.4 is 15.4 Å². The average molecular weight is 504 g/mol. The Bertz CT molecular complexity index is 619. The van der Waals surface area contributed by atoms with Gasteiger partial charge in [-0.05, 0) is 43.9 Å². The largest absolute Gasteiger partial charge is 0.494 e. The molecule has 28 heavy (non-hydrogen) atoms. The summed E-state index contributed by atoms with van der Waals surface area (Å²) in [6, 6.07) is 8.39. The van der Waals surface area contributed by atoms with Gasteiger partial charge in [0.2, 0.25) is 0 Å². The van der Waals surface area contributed by atoms with E-state index in [1.807, 2.05) is 25.1 Å². The van der Waals surface area contributed by atoms with Gasteiger partial charge in [-0.25, -0.2) is 4.79 Å². The van der Waals surface area contributed by atoms with E-state index in [0.717, 1.165) is 43.1 Å². The minimum Gasteiger partial charge on any atom is -0.494 e. The SMILES string of the molecule is CCCOc1cccc(CNC(=NC)NC2CCN(C(=O)OCC)CC2)c1.I. The van der Waals surface area contributed by atoms with Crippen LogP contribution in [0.5, 0.6) is 5.75 Å². The molecule has 1 saturated heterocycles. The first-order valence-corrected chi connectivity index (χ1v) is 9.76. The Hall–Kier alpha value is -1.71. The molecule has 2 N–H and O–H groups in total. The molecule has 1 aliphatic heterocycles. The van der Waals surface area contributed by atoms with Gasteiger partial charge in [0, 0.05) is 32.7 Å². The molecule has 0 unspecified atom stereocenters. The molecular weight excluding hydrogens is 471 g/mol. The van der Waals surface area contributed by atoms with Crippen molar-refractivity contribution in [1.82, 2.24) is 15.5 Å². The summed E-state index contributed by atoms with van der Waals surface area (Å²) in [7, 11) is 1.77. The van der Waals surface area contributed by atoms with E-state index in [-0.39, 0.29) is 30.1 Å². The maximum absolute atomic E-state index is 11.8. The minimum absolute atomic E-state index is 0. The standard InChI is InChI=1S/C20H32N4O3.HI/c1-4-13-27-18-8-6-7-16(14-18)15-22-19(21-3)23-17-9-11-24(12-10-17)20(25)26-5-2;/h6-8,14,17H,4-5,9-13,15H2,1-3H3,(H2,21,22,23);1H. The Kier molecular flexibility index (Phi) is 11.7. The van der Waals surface area contributed by atoms with Gasteiger partial charge in [-0.1, -0.05) is 19.1 Å². The van der Waals surface area contributed by atoms with Gasteiger partial charge in [0.15, 0.2) is 5.96 Å². The first-order chi connectivity index (χ1) is 13.2. The molecule has 0 bridgehead atoms. The molecule has 2 rings (SSSR count). The van der Waals surface area contributed by atoms with Crippen LogP contribution in [0.4, 0.5) is 4.79 Å². The van der Waals surface area contributed by atoms with Crippen LogP contribution >= 0.6 is 24.0 Å². The summed E-state index contributed by atoms with van der Waals surface area (Å²) in [6.45, 7) is 7.13. The van der Waals surface area contributed by atoms with E-state index in [1.165, 1.54) is 0 Å². The topological polar surface area (TPSA) is 75.2 Å². The average Bonchev–Trinajstić information content (AvgIpc) is 2.70. The molecule has 0 aliphatic carbocycles. The highest BCUT2D eigenvalue weighted by atomic mass is 127. The highest BCUT2D eigenvalue weighted by Gasteiger charge is 2.23. The van der Waals surface area contributed by atoms with Crippen LogP contribution in [-0.4, -0.2) is 56.3 Å². The van der Waals surface area contributed by atoms with Gasteiger partial charge >= 0.3 is 6.09 Å². The zero-order chi connectivity index (χ0) is 19.5. The number of guanidine groups is 1. The molecule has 7 nitrogen and oxygen atoms in total. The van der Waals surface area contributed by atoms with Crippen molar-refractivity contribution >= 4 is 36.0 Å². The predicted molar refractivity (Wildman–Crippen MR) is 123 cm³/mol. The van der Waals surface area contributed by atoms with Crippen molar-refractivity contribution in [3.05, 3.63) is 29.8 Å². The van der Waals surface area contributed by atoms with Gasteiger partial charge in [-0.3, -0.25) is 4.99 Å². The lowest BCUT2D eigenvalue weighted by Crippen LogP contribution is -2.49. The normalized spacial score (nSPS) is 14.8. The lowest BCUT2D eigenvalue weighted by Gasteiger charge is -2.32. The van der Waals surface area contributed by atoms with Gasteiger partial charge in [0.25, 0.3) is 0 Å². The molecular formula is C20H33IN4O3. The Labute approximate surface area is 185 Å². The van der Waals surface area contributed by atoms with E-state index in [2.05, 4.69) is 28.6 Å². The van der Waals surface area contributed by atoms with Crippen molar-refractivity contribution in [3.8, 4) is 5.75 Å². The maximum Gasteiger partial charge on any atom is 0.409 e. The molecule has 158 valence electrons. The smallest absolute Gasteiger partial charge is 0.409 e. The molecule has 8 heteroatoms. The van der Waals surface area contributed by atoms with Crippen molar-refractivity contribution in [2.75, 3.05) is 33.4 Å². The van der Waals surface area contributed by atoms with Gasteiger partial charge in [0.05, 0.1) is 13.2 Å². The predicted octanol–water partition coefficient (Wildman–Crippen LogP) is 3.38. The molecule has 1 heterocycles. The van der Waals surface area contributed by atoms with E-state index in [4.69, 9.17) is 9.47 Å². The number of amides is 1.